The third-order valence-electron chi connectivity index (χ3n) is 4.67. The topological polar surface area (TPSA) is 15.7 Å². The Hall–Kier alpha value is 0.531. The molecule has 120 valence electrons. The van der Waals surface area contributed by atoms with Crippen molar-refractivity contribution in [3.05, 3.63) is 0 Å². The Bertz CT molecular complexity index is 286. The highest BCUT2D eigenvalue weighted by Gasteiger charge is 2.56. The minimum absolute atomic E-state index is 1.20. The van der Waals surface area contributed by atoms with Crippen LogP contribution in [0, 0.1) is 0 Å². The second kappa shape index (κ2) is 6.75. The predicted octanol–water partition coefficient (Wildman–Crippen LogP) is 3.63. The van der Waals surface area contributed by atoms with Gasteiger partial charge in [0, 0.05) is 0 Å². The molecule has 1 saturated heterocycles. The molecule has 0 amide bonds. The fourth-order valence-corrected chi connectivity index (χ4v) is 31.2. The van der Waals surface area contributed by atoms with Gasteiger partial charge in [-0.2, -0.15) is 0 Å². The van der Waals surface area contributed by atoms with E-state index in [2.05, 4.69) is 63.0 Å². The lowest BCUT2D eigenvalue weighted by atomic mass is 10.7. The van der Waals surface area contributed by atoms with Crippen molar-refractivity contribution in [1.29, 1.82) is 0 Å². The third kappa shape index (κ3) is 3.84. The molecule has 0 aromatic carbocycles. The summed E-state index contributed by atoms with van der Waals surface area (Å²) in [6.45, 7) is 24.0. The molecular formula is C14H36N2OSi3. The molecule has 0 atom stereocenters. The first-order valence-electron chi connectivity index (χ1n) is 8.36. The van der Waals surface area contributed by atoms with Gasteiger partial charge in [-0.1, -0.05) is 27.7 Å². The molecule has 0 unspecified atom stereocenters. The highest BCUT2D eigenvalue weighted by Crippen LogP contribution is 2.40. The summed E-state index contributed by atoms with van der Waals surface area (Å²) in [4.78, 5) is 0. The van der Waals surface area contributed by atoms with Crippen molar-refractivity contribution in [2.45, 2.75) is 65.2 Å². The van der Waals surface area contributed by atoms with Crippen molar-refractivity contribution in [2.75, 3.05) is 26.2 Å². The summed E-state index contributed by atoms with van der Waals surface area (Å²) < 4.78 is 12.4. The predicted molar refractivity (Wildman–Crippen MR) is 97.3 cm³/mol. The SMILES string of the molecule is CCN(CC)[Si]1(N(CC)CC)C[Si](C)(C)O[Si](C)(C)C1. The molecule has 0 N–H and O–H groups in total. The maximum Gasteiger partial charge on any atom is 0.205 e. The zero-order chi connectivity index (χ0) is 15.6. The van der Waals surface area contributed by atoms with Crippen LogP contribution in [0.2, 0.25) is 37.5 Å². The smallest absolute Gasteiger partial charge is 0.205 e. The Labute approximate surface area is 130 Å². The highest BCUT2D eigenvalue weighted by atomic mass is 28.5. The van der Waals surface area contributed by atoms with E-state index < -0.39 is 25.0 Å². The van der Waals surface area contributed by atoms with E-state index in [1.807, 2.05) is 0 Å². The number of nitrogens with zero attached hydrogens (tertiary/aromatic N) is 2. The summed E-state index contributed by atoms with van der Waals surface area (Å²) in [5.74, 6) is 0. The maximum absolute atomic E-state index is 6.65. The average Bonchev–Trinajstić information content (AvgIpc) is 2.27. The van der Waals surface area contributed by atoms with E-state index in [0.29, 0.717) is 0 Å². The number of rotatable bonds is 6. The fraction of sp³-hybridized carbons (Fsp3) is 1.00. The molecule has 0 radical (unpaired) electrons. The van der Waals surface area contributed by atoms with Crippen LogP contribution in [-0.2, 0) is 4.12 Å². The second-order valence-corrected chi connectivity index (χ2v) is 21.2. The molecule has 0 aliphatic carbocycles. The maximum atomic E-state index is 6.65. The fourth-order valence-electron chi connectivity index (χ4n) is 4.52. The molecule has 20 heavy (non-hydrogen) atoms. The molecular weight excluding hydrogens is 296 g/mol. The van der Waals surface area contributed by atoms with Crippen molar-refractivity contribution >= 4 is 25.0 Å². The summed E-state index contributed by atoms with van der Waals surface area (Å²) in [7, 11) is -4.57. The molecule has 1 fully saturated rings. The van der Waals surface area contributed by atoms with E-state index in [9.17, 15) is 0 Å². The van der Waals surface area contributed by atoms with Crippen LogP contribution in [0.4, 0.5) is 0 Å². The molecule has 1 rings (SSSR count). The summed E-state index contributed by atoms with van der Waals surface area (Å²) in [6.07, 6.45) is 0. The van der Waals surface area contributed by atoms with Gasteiger partial charge in [0.05, 0.1) is 0 Å². The molecule has 3 nitrogen and oxygen atoms in total. The van der Waals surface area contributed by atoms with Gasteiger partial charge in [-0.15, -0.1) is 0 Å². The van der Waals surface area contributed by atoms with E-state index in [1.165, 1.54) is 37.5 Å². The summed E-state index contributed by atoms with van der Waals surface area (Å²) >= 11 is 0. The van der Waals surface area contributed by atoms with Gasteiger partial charge in [-0.05, 0) is 63.7 Å². The van der Waals surface area contributed by atoms with Gasteiger partial charge in [0.15, 0.2) is 16.6 Å². The van der Waals surface area contributed by atoms with E-state index in [1.54, 1.807) is 0 Å². The molecule has 1 heterocycles. The minimum atomic E-state index is -1.55. The van der Waals surface area contributed by atoms with Gasteiger partial charge in [0.1, 0.15) is 0 Å². The van der Waals surface area contributed by atoms with E-state index >= 15 is 0 Å². The first-order chi connectivity index (χ1) is 9.16. The molecule has 1 aliphatic heterocycles. The van der Waals surface area contributed by atoms with Crippen LogP contribution in [0.15, 0.2) is 0 Å². The minimum Gasteiger partial charge on any atom is -0.456 e. The third-order valence-corrected chi connectivity index (χ3v) is 24.1. The van der Waals surface area contributed by atoms with Crippen LogP contribution in [-0.4, -0.2) is 60.3 Å². The molecule has 0 aromatic rings. The van der Waals surface area contributed by atoms with Gasteiger partial charge in [0.25, 0.3) is 0 Å². The Morgan fingerprint density at radius 3 is 1.25 bits per heavy atom. The van der Waals surface area contributed by atoms with Crippen molar-refractivity contribution in [3.63, 3.8) is 0 Å². The Morgan fingerprint density at radius 1 is 0.700 bits per heavy atom. The van der Waals surface area contributed by atoms with Gasteiger partial charge < -0.3 is 13.2 Å². The summed E-state index contributed by atoms with van der Waals surface area (Å²) in [5.41, 5.74) is 2.78. The van der Waals surface area contributed by atoms with E-state index in [0.717, 1.165) is 0 Å². The van der Waals surface area contributed by atoms with Crippen molar-refractivity contribution in [1.82, 2.24) is 9.13 Å². The van der Waals surface area contributed by atoms with Crippen molar-refractivity contribution in [3.8, 4) is 0 Å². The first-order valence-corrected chi connectivity index (χ1v) is 16.9. The van der Waals surface area contributed by atoms with Gasteiger partial charge >= 0.3 is 0 Å². The zero-order valence-electron chi connectivity index (χ0n) is 15.0. The largest absolute Gasteiger partial charge is 0.456 e. The Morgan fingerprint density at radius 2 is 1.00 bits per heavy atom. The molecule has 0 aromatic heterocycles. The van der Waals surface area contributed by atoms with Crippen LogP contribution in [0.1, 0.15) is 27.7 Å². The molecule has 1 aliphatic rings. The van der Waals surface area contributed by atoms with Gasteiger partial charge in [-0.3, -0.25) is 0 Å². The Balaban J connectivity index is 3.28. The lowest BCUT2D eigenvalue weighted by molar-refractivity contribution is 0.347. The number of hydrogen-bond acceptors (Lipinski definition) is 3. The summed E-state index contributed by atoms with van der Waals surface area (Å²) in [5, 5.41) is 0. The van der Waals surface area contributed by atoms with Crippen LogP contribution in [0.5, 0.6) is 0 Å². The summed E-state index contributed by atoms with van der Waals surface area (Å²) in [6, 6.07) is 0. The van der Waals surface area contributed by atoms with Crippen LogP contribution in [0.25, 0.3) is 0 Å². The molecule has 0 saturated carbocycles. The molecule has 0 spiro atoms. The second-order valence-electron chi connectivity index (χ2n) is 7.30. The van der Waals surface area contributed by atoms with Crippen molar-refractivity contribution in [2.24, 2.45) is 0 Å². The molecule has 0 bridgehead atoms. The van der Waals surface area contributed by atoms with Crippen molar-refractivity contribution < 1.29 is 4.12 Å². The zero-order valence-corrected chi connectivity index (χ0v) is 18.0. The highest BCUT2D eigenvalue weighted by molar-refractivity contribution is 7.05. The Kier molecular flexibility index (Phi) is 6.27. The average molecular weight is 333 g/mol. The van der Waals surface area contributed by atoms with Crippen LogP contribution in [0.3, 0.4) is 0 Å². The van der Waals surface area contributed by atoms with Gasteiger partial charge in [-0.25, -0.2) is 0 Å². The van der Waals surface area contributed by atoms with Crippen LogP contribution < -0.4 is 0 Å². The van der Waals surface area contributed by atoms with Gasteiger partial charge in [0.2, 0.25) is 8.40 Å². The lowest BCUT2D eigenvalue weighted by Crippen LogP contribution is -2.75. The molecule has 6 heteroatoms. The monoisotopic (exact) mass is 332 g/mol. The standard InChI is InChI=1S/C14H36N2OSi3/c1-9-15(10-2)20(16(11-3)12-4)13-18(5,6)17-19(7,8)14-20/h9-14H2,1-8H3. The number of hydrogen-bond donors (Lipinski definition) is 0. The van der Waals surface area contributed by atoms with E-state index in [4.69, 9.17) is 4.12 Å². The normalized spacial score (nSPS) is 24.3. The quantitative estimate of drug-likeness (QED) is 0.691. The van der Waals surface area contributed by atoms with E-state index in [-0.39, 0.29) is 0 Å². The van der Waals surface area contributed by atoms with Crippen LogP contribution >= 0.6 is 0 Å². The lowest BCUT2D eigenvalue weighted by Gasteiger charge is -2.57. The first kappa shape index (κ1) is 18.6.